The first-order valence-corrected chi connectivity index (χ1v) is 11.5. The third-order valence-electron chi connectivity index (χ3n) is 5.57. The van der Waals surface area contributed by atoms with Crippen molar-refractivity contribution < 1.29 is 17.9 Å². The zero-order chi connectivity index (χ0) is 21.1. The van der Waals surface area contributed by atoms with Gasteiger partial charge in [0.15, 0.2) is 0 Å². The lowest BCUT2D eigenvalue weighted by Crippen LogP contribution is -2.49. The van der Waals surface area contributed by atoms with Crippen LogP contribution in [0.15, 0.2) is 35.4 Å². The van der Waals surface area contributed by atoms with Gasteiger partial charge in [-0.3, -0.25) is 0 Å². The van der Waals surface area contributed by atoms with E-state index in [9.17, 15) is 8.42 Å². The molecular formula is C20H27N5O4S. The topological polar surface area (TPSA) is 88.1 Å². The average molecular weight is 434 g/mol. The highest BCUT2D eigenvalue weighted by Gasteiger charge is 2.31. The van der Waals surface area contributed by atoms with Crippen molar-refractivity contribution in [1.82, 2.24) is 14.3 Å². The fourth-order valence-electron chi connectivity index (χ4n) is 3.87. The van der Waals surface area contributed by atoms with E-state index in [0.29, 0.717) is 31.9 Å². The van der Waals surface area contributed by atoms with Gasteiger partial charge in [0.1, 0.15) is 22.2 Å². The number of nitrogens with zero attached hydrogens (tertiary/aromatic N) is 5. The van der Waals surface area contributed by atoms with Crippen LogP contribution in [0, 0.1) is 0 Å². The number of hydrogen-bond acceptors (Lipinski definition) is 8. The van der Waals surface area contributed by atoms with Gasteiger partial charge in [0.2, 0.25) is 16.0 Å². The summed E-state index contributed by atoms with van der Waals surface area (Å²) in [4.78, 5) is 13.6. The molecule has 2 saturated heterocycles. The van der Waals surface area contributed by atoms with E-state index >= 15 is 0 Å². The summed E-state index contributed by atoms with van der Waals surface area (Å²) in [6, 6.07) is 6.64. The van der Waals surface area contributed by atoms with E-state index in [4.69, 9.17) is 14.5 Å². The second-order valence-corrected chi connectivity index (χ2v) is 9.22. The molecule has 30 heavy (non-hydrogen) atoms. The molecule has 0 radical (unpaired) electrons. The Morgan fingerprint density at radius 3 is 2.30 bits per heavy atom. The number of aromatic nitrogens is 2. The van der Waals surface area contributed by atoms with E-state index < -0.39 is 10.0 Å². The summed E-state index contributed by atoms with van der Waals surface area (Å²) in [5.41, 5.74) is 0. The molecule has 0 unspecified atom stereocenters. The van der Waals surface area contributed by atoms with Crippen LogP contribution in [0.25, 0.3) is 0 Å². The zero-order valence-corrected chi connectivity index (χ0v) is 18.1. The number of sulfonamides is 1. The lowest BCUT2D eigenvalue weighted by molar-refractivity contribution is 0.369. The molecule has 10 heteroatoms. The van der Waals surface area contributed by atoms with Gasteiger partial charge < -0.3 is 19.3 Å². The summed E-state index contributed by atoms with van der Waals surface area (Å²) in [6.07, 6.45) is 4.11. The molecule has 2 aliphatic heterocycles. The zero-order valence-electron chi connectivity index (χ0n) is 17.3. The maximum Gasteiger partial charge on any atom is 0.246 e. The van der Waals surface area contributed by atoms with Gasteiger partial charge in [0.25, 0.3) is 0 Å². The van der Waals surface area contributed by atoms with Crippen molar-refractivity contribution in [3.8, 4) is 11.5 Å². The lowest BCUT2D eigenvalue weighted by atomic mass is 10.3. The molecule has 0 bridgehead atoms. The van der Waals surface area contributed by atoms with E-state index in [1.807, 2.05) is 6.07 Å². The minimum atomic E-state index is -3.67. The van der Waals surface area contributed by atoms with Crippen LogP contribution < -0.4 is 19.3 Å². The van der Waals surface area contributed by atoms with Crippen molar-refractivity contribution in [2.24, 2.45) is 0 Å². The minimum absolute atomic E-state index is 0.151. The molecule has 2 aromatic rings. The molecule has 162 valence electrons. The quantitative estimate of drug-likeness (QED) is 0.679. The Kier molecular flexibility index (Phi) is 5.96. The third-order valence-corrected chi connectivity index (χ3v) is 7.51. The summed E-state index contributed by atoms with van der Waals surface area (Å²) in [6.45, 7) is 3.85. The Morgan fingerprint density at radius 1 is 0.900 bits per heavy atom. The number of hydrogen-bond donors (Lipinski definition) is 0. The fourth-order valence-corrected chi connectivity index (χ4v) is 5.43. The molecule has 2 aliphatic rings. The molecule has 0 aliphatic carbocycles. The van der Waals surface area contributed by atoms with Crippen molar-refractivity contribution in [1.29, 1.82) is 0 Å². The number of piperazine rings is 1. The maximum atomic E-state index is 13.2. The molecular weight excluding hydrogens is 406 g/mol. The highest BCUT2D eigenvalue weighted by molar-refractivity contribution is 7.89. The lowest BCUT2D eigenvalue weighted by Gasteiger charge is -2.35. The minimum Gasteiger partial charge on any atom is -0.497 e. The highest BCUT2D eigenvalue weighted by Crippen LogP contribution is 2.31. The molecule has 0 atom stereocenters. The van der Waals surface area contributed by atoms with Gasteiger partial charge in [-0.15, -0.1) is 0 Å². The van der Waals surface area contributed by atoms with Crippen molar-refractivity contribution in [2.45, 2.75) is 17.7 Å². The standard InChI is InChI=1S/C20H27N5O4S/c1-28-16-5-6-18(17(15-16)29-2)30(26,27)25-13-11-23(12-14-25)19-7-8-21-20(22-19)24-9-3-4-10-24/h5-8,15H,3-4,9-14H2,1-2H3. The van der Waals surface area contributed by atoms with E-state index in [0.717, 1.165) is 24.9 Å². The monoisotopic (exact) mass is 433 g/mol. The summed E-state index contributed by atoms with van der Waals surface area (Å²) < 4.78 is 38.3. The molecule has 0 N–H and O–H groups in total. The van der Waals surface area contributed by atoms with Crippen LogP contribution in [-0.4, -0.2) is 76.2 Å². The fraction of sp³-hybridized carbons (Fsp3) is 0.500. The second-order valence-electron chi connectivity index (χ2n) is 7.32. The van der Waals surface area contributed by atoms with Crippen LogP contribution in [0.2, 0.25) is 0 Å². The average Bonchev–Trinajstić information content (AvgIpc) is 3.34. The van der Waals surface area contributed by atoms with Gasteiger partial charge in [-0.2, -0.15) is 9.29 Å². The summed E-state index contributed by atoms with van der Waals surface area (Å²) in [5.74, 6) is 2.42. The predicted octanol–water partition coefficient (Wildman–Crippen LogP) is 1.60. The second kappa shape index (κ2) is 8.65. The van der Waals surface area contributed by atoms with E-state index in [1.54, 1.807) is 18.3 Å². The summed E-state index contributed by atoms with van der Waals surface area (Å²) >= 11 is 0. The largest absolute Gasteiger partial charge is 0.497 e. The maximum absolute atomic E-state index is 13.2. The highest BCUT2D eigenvalue weighted by atomic mass is 32.2. The number of ether oxygens (including phenoxy) is 2. The van der Waals surface area contributed by atoms with Crippen LogP contribution >= 0.6 is 0 Å². The number of methoxy groups -OCH3 is 2. The van der Waals surface area contributed by atoms with Crippen LogP contribution in [0.1, 0.15) is 12.8 Å². The molecule has 2 fully saturated rings. The van der Waals surface area contributed by atoms with Gasteiger partial charge in [-0.05, 0) is 31.0 Å². The third kappa shape index (κ3) is 4.01. The number of benzene rings is 1. The van der Waals surface area contributed by atoms with E-state index in [2.05, 4.69) is 14.8 Å². The van der Waals surface area contributed by atoms with Crippen molar-refractivity contribution in [3.05, 3.63) is 30.5 Å². The molecule has 0 amide bonds. The molecule has 1 aromatic carbocycles. The Balaban J connectivity index is 1.47. The van der Waals surface area contributed by atoms with Crippen molar-refractivity contribution in [3.63, 3.8) is 0 Å². The number of rotatable bonds is 6. The summed E-state index contributed by atoms with van der Waals surface area (Å²) in [7, 11) is -0.682. The Labute approximate surface area is 177 Å². The van der Waals surface area contributed by atoms with Crippen LogP contribution in [0.3, 0.4) is 0 Å². The van der Waals surface area contributed by atoms with Gasteiger partial charge in [-0.25, -0.2) is 13.4 Å². The SMILES string of the molecule is COc1ccc(S(=O)(=O)N2CCN(c3ccnc(N4CCCC4)n3)CC2)c(OC)c1. The Hall–Kier alpha value is -2.59. The van der Waals surface area contributed by atoms with Crippen molar-refractivity contribution in [2.75, 3.05) is 63.3 Å². The first kappa shape index (κ1) is 20.7. The van der Waals surface area contributed by atoms with E-state index in [-0.39, 0.29) is 10.6 Å². The van der Waals surface area contributed by atoms with Gasteiger partial charge in [0.05, 0.1) is 14.2 Å². The van der Waals surface area contributed by atoms with Crippen molar-refractivity contribution >= 4 is 21.8 Å². The van der Waals surface area contributed by atoms with Crippen LogP contribution in [0.4, 0.5) is 11.8 Å². The molecule has 0 spiro atoms. The van der Waals surface area contributed by atoms with Gasteiger partial charge in [0, 0.05) is 51.5 Å². The first-order chi connectivity index (χ1) is 14.5. The Bertz CT molecular complexity index is 986. The Morgan fingerprint density at radius 2 is 1.63 bits per heavy atom. The molecule has 1 aromatic heterocycles. The first-order valence-electron chi connectivity index (χ1n) is 10.1. The molecule has 0 saturated carbocycles. The molecule has 3 heterocycles. The molecule has 9 nitrogen and oxygen atoms in total. The molecule has 4 rings (SSSR count). The van der Waals surface area contributed by atoms with Crippen LogP contribution in [0.5, 0.6) is 11.5 Å². The summed E-state index contributed by atoms with van der Waals surface area (Å²) in [5, 5.41) is 0. The predicted molar refractivity (Wildman–Crippen MR) is 114 cm³/mol. The van der Waals surface area contributed by atoms with E-state index in [1.165, 1.54) is 37.4 Å². The smallest absolute Gasteiger partial charge is 0.246 e. The number of anilines is 2. The van der Waals surface area contributed by atoms with Gasteiger partial charge >= 0.3 is 0 Å². The van der Waals surface area contributed by atoms with Crippen LogP contribution in [-0.2, 0) is 10.0 Å². The van der Waals surface area contributed by atoms with Gasteiger partial charge in [-0.1, -0.05) is 0 Å². The normalized spacial score (nSPS) is 17.9.